The van der Waals surface area contributed by atoms with Gasteiger partial charge in [-0.05, 0) is 23.6 Å². The molecule has 2 aromatic heterocycles. The van der Waals surface area contributed by atoms with Crippen LogP contribution in [0.4, 0.5) is 5.69 Å². The number of guanidine groups is 1. The van der Waals surface area contributed by atoms with Gasteiger partial charge in [0, 0.05) is 61.5 Å². The lowest BCUT2D eigenvalue weighted by Gasteiger charge is -2.15. The first kappa shape index (κ1) is 19.3. The van der Waals surface area contributed by atoms with Crippen LogP contribution in [0, 0.1) is 0 Å². The van der Waals surface area contributed by atoms with E-state index in [1.165, 1.54) is 4.88 Å². The molecule has 0 amide bonds. The molecule has 0 atom stereocenters. The number of nitrogens with zero attached hydrogens (tertiary/aromatic N) is 3. The highest BCUT2D eigenvalue weighted by molar-refractivity contribution is 7.09. The summed E-state index contributed by atoms with van der Waals surface area (Å²) < 4.78 is 13.5. The highest BCUT2D eigenvalue weighted by atomic mass is 32.1. The second kappa shape index (κ2) is 9.97. The average molecular weight is 412 g/mol. The summed E-state index contributed by atoms with van der Waals surface area (Å²) in [6.07, 6.45) is 7.36. The van der Waals surface area contributed by atoms with E-state index < -0.39 is 0 Å². The second-order valence-electron chi connectivity index (χ2n) is 6.62. The highest BCUT2D eigenvalue weighted by Crippen LogP contribution is 2.32. The fourth-order valence-electron chi connectivity index (χ4n) is 2.97. The Balaban J connectivity index is 1.41. The molecule has 1 aromatic carbocycles. The molecule has 2 N–H and O–H groups in total. The van der Waals surface area contributed by atoms with Gasteiger partial charge in [-0.3, -0.25) is 4.99 Å². The topological polar surface area (TPSA) is 72.7 Å². The molecule has 4 rings (SSSR count). The molecule has 0 saturated heterocycles. The number of aromatic nitrogens is 2. The molecular weight excluding hydrogens is 386 g/mol. The normalized spacial score (nSPS) is 13.7. The van der Waals surface area contributed by atoms with Gasteiger partial charge in [0.2, 0.25) is 0 Å². The third-order valence-electron chi connectivity index (χ3n) is 4.44. The van der Waals surface area contributed by atoms with Crippen molar-refractivity contribution in [1.82, 2.24) is 14.9 Å². The van der Waals surface area contributed by atoms with Crippen LogP contribution < -0.4 is 20.1 Å². The van der Waals surface area contributed by atoms with E-state index >= 15 is 0 Å². The van der Waals surface area contributed by atoms with Crippen LogP contribution in [0.5, 0.6) is 11.5 Å². The average Bonchev–Trinajstić information content (AvgIpc) is 3.39. The first-order valence-electron chi connectivity index (χ1n) is 9.80. The van der Waals surface area contributed by atoms with Gasteiger partial charge in [0.05, 0.1) is 19.5 Å². The van der Waals surface area contributed by atoms with Crippen molar-refractivity contribution in [1.29, 1.82) is 0 Å². The Hall–Kier alpha value is -3.00. The van der Waals surface area contributed by atoms with E-state index in [1.807, 2.05) is 35.3 Å². The Bertz CT molecular complexity index is 909. The Morgan fingerprint density at radius 2 is 2.14 bits per heavy atom. The molecule has 0 bridgehead atoms. The van der Waals surface area contributed by atoms with Crippen LogP contribution >= 0.6 is 11.3 Å². The van der Waals surface area contributed by atoms with Gasteiger partial charge in [0.15, 0.2) is 17.5 Å². The number of hydrogen-bond donors (Lipinski definition) is 2. The van der Waals surface area contributed by atoms with E-state index in [1.54, 1.807) is 17.5 Å². The van der Waals surface area contributed by atoms with Gasteiger partial charge >= 0.3 is 0 Å². The fourth-order valence-corrected chi connectivity index (χ4v) is 3.67. The van der Waals surface area contributed by atoms with Gasteiger partial charge in [-0.25, -0.2) is 4.98 Å². The molecule has 29 heavy (non-hydrogen) atoms. The molecule has 0 aliphatic carbocycles. The Labute approximate surface area is 174 Å². The lowest BCUT2D eigenvalue weighted by atomic mass is 10.2. The summed E-state index contributed by atoms with van der Waals surface area (Å²) in [7, 11) is 0. The van der Waals surface area contributed by atoms with E-state index in [-0.39, 0.29) is 0 Å². The minimum Gasteiger partial charge on any atom is -0.490 e. The molecule has 3 aromatic rings. The van der Waals surface area contributed by atoms with Gasteiger partial charge in [-0.2, -0.15) is 0 Å². The molecule has 0 fully saturated rings. The lowest BCUT2D eigenvalue weighted by molar-refractivity contribution is 0.297. The number of anilines is 1. The zero-order valence-electron chi connectivity index (χ0n) is 16.2. The number of aliphatic imine (C=N–C) groups is 1. The smallest absolute Gasteiger partial charge is 0.195 e. The van der Waals surface area contributed by atoms with Crippen molar-refractivity contribution in [2.45, 2.75) is 19.4 Å². The van der Waals surface area contributed by atoms with Crippen molar-refractivity contribution in [2.24, 2.45) is 4.99 Å². The monoisotopic (exact) mass is 411 g/mol. The molecule has 0 unspecified atom stereocenters. The van der Waals surface area contributed by atoms with E-state index in [2.05, 4.69) is 33.1 Å². The third kappa shape index (κ3) is 5.74. The van der Waals surface area contributed by atoms with Crippen LogP contribution in [0.25, 0.3) is 0 Å². The van der Waals surface area contributed by atoms with Crippen molar-refractivity contribution in [3.05, 3.63) is 59.3 Å². The number of hydrogen-bond acceptors (Lipinski definition) is 5. The quantitative estimate of drug-likeness (QED) is 0.460. The molecule has 0 spiro atoms. The molecule has 1 aliphatic heterocycles. The second-order valence-corrected chi connectivity index (χ2v) is 7.66. The molecular formula is C21H25N5O2S. The number of benzene rings is 1. The summed E-state index contributed by atoms with van der Waals surface area (Å²) in [5, 5.41) is 8.89. The van der Waals surface area contributed by atoms with Gasteiger partial charge in [-0.15, -0.1) is 11.3 Å². The number of thiophene rings is 1. The maximum atomic E-state index is 5.80. The van der Waals surface area contributed by atoms with Gasteiger partial charge in [-0.1, -0.05) is 6.07 Å². The lowest BCUT2D eigenvalue weighted by Crippen LogP contribution is -2.33. The van der Waals surface area contributed by atoms with E-state index in [0.717, 1.165) is 49.1 Å². The van der Waals surface area contributed by atoms with Gasteiger partial charge < -0.3 is 24.7 Å². The standard InChI is InChI=1S/C21H25N5O2S/c1-3-18(29-14-1)6-7-23-21(24-9-11-26-10-8-22-16-26)25-17-4-5-19-20(15-17)28-13-2-12-27-19/h1,3-5,8,10,14-16H,2,6-7,9,11-13H2,(H2,23,24,25). The van der Waals surface area contributed by atoms with Crippen LogP contribution in [0.15, 0.2) is 59.4 Å². The van der Waals surface area contributed by atoms with Crippen LogP contribution in [-0.4, -0.2) is 41.8 Å². The maximum Gasteiger partial charge on any atom is 0.195 e. The first-order chi connectivity index (χ1) is 14.4. The molecule has 7 nitrogen and oxygen atoms in total. The SMILES string of the molecule is c1csc(CCN=C(NCCn2ccnc2)Nc2ccc3c(c2)OCCCO3)c1. The van der Waals surface area contributed by atoms with Crippen molar-refractivity contribution in [3.63, 3.8) is 0 Å². The molecule has 1 aliphatic rings. The van der Waals surface area contributed by atoms with Crippen molar-refractivity contribution < 1.29 is 9.47 Å². The summed E-state index contributed by atoms with van der Waals surface area (Å²) in [5.74, 6) is 2.30. The predicted molar refractivity (Wildman–Crippen MR) is 116 cm³/mol. The molecule has 8 heteroatoms. The van der Waals surface area contributed by atoms with E-state index in [4.69, 9.17) is 14.5 Å². The molecule has 152 valence electrons. The number of fused-ring (bicyclic) bond motifs is 1. The van der Waals surface area contributed by atoms with Crippen molar-refractivity contribution in [3.8, 4) is 11.5 Å². The Morgan fingerprint density at radius 3 is 2.97 bits per heavy atom. The summed E-state index contributed by atoms with van der Waals surface area (Å²) in [6, 6.07) is 10.1. The summed E-state index contributed by atoms with van der Waals surface area (Å²) in [6.45, 7) is 3.62. The summed E-state index contributed by atoms with van der Waals surface area (Å²) in [4.78, 5) is 10.2. The molecule has 0 radical (unpaired) electrons. The van der Waals surface area contributed by atoms with Crippen LogP contribution in [0.2, 0.25) is 0 Å². The first-order valence-corrected chi connectivity index (χ1v) is 10.7. The molecule has 0 saturated carbocycles. The third-order valence-corrected chi connectivity index (χ3v) is 5.38. The molecule has 3 heterocycles. The fraction of sp³-hybridized carbons (Fsp3) is 0.333. The van der Waals surface area contributed by atoms with E-state index in [9.17, 15) is 0 Å². The van der Waals surface area contributed by atoms with Crippen LogP contribution in [0.1, 0.15) is 11.3 Å². The number of imidazole rings is 1. The zero-order valence-corrected chi connectivity index (χ0v) is 17.0. The van der Waals surface area contributed by atoms with Gasteiger partial charge in [0.25, 0.3) is 0 Å². The minimum atomic E-state index is 0.668. The zero-order chi connectivity index (χ0) is 19.7. The highest BCUT2D eigenvalue weighted by Gasteiger charge is 2.11. The van der Waals surface area contributed by atoms with Gasteiger partial charge in [0.1, 0.15) is 0 Å². The number of rotatable bonds is 7. The Morgan fingerprint density at radius 1 is 1.21 bits per heavy atom. The van der Waals surface area contributed by atoms with Crippen LogP contribution in [0.3, 0.4) is 0 Å². The summed E-state index contributed by atoms with van der Waals surface area (Å²) >= 11 is 1.76. The van der Waals surface area contributed by atoms with Crippen LogP contribution in [-0.2, 0) is 13.0 Å². The van der Waals surface area contributed by atoms with Crippen molar-refractivity contribution >= 4 is 23.0 Å². The largest absolute Gasteiger partial charge is 0.490 e. The predicted octanol–water partition coefficient (Wildman–Crippen LogP) is 3.41. The number of ether oxygens (including phenoxy) is 2. The van der Waals surface area contributed by atoms with Crippen molar-refractivity contribution in [2.75, 3.05) is 31.6 Å². The summed E-state index contributed by atoms with van der Waals surface area (Å²) in [5.41, 5.74) is 0.916. The maximum absolute atomic E-state index is 5.80. The minimum absolute atomic E-state index is 0.668. The number of nitrogens with one attached hydrogen (secondary N) is 2. The Kier molecular flexibility index (Phi) is 6.64. The van der Waals surface area contributed by atoms with E-state index in [0.29, 0.717) is 19.8 Å².